The van der Waals surface area contributed by atoms with Gasteiger partial charge in [0.1, 0.15) is 0 Å². The third-order valence-corrected chi connectivity index (χ3v) is 5.09. The molecule has 94 valence electrons. The highest BCUT2D eigenvalue weighted by atomic mass is 127. The maximum Gasteiger partial charge on any atom is 0.0165 e. The summed E-state index contributed by atoms with van der Waals surface area (Å²) in [5.41, 5.74) is 5.59. The zero-order chi connectivity index (χ0) is 13.1. The van der Waals surface area contributed by atoms with Crippen LogP contribution in [0.3, 0.4) is 0 Å². The Kier molecular flexibility index (Phi) is 5.06. The predicted octanol–water partition coefficient (Wildman–Crippen LogP) is 5.30. The second kappa shape index (κ2) is 6.37. The summed E-state index contributed by atoms with van der Waals surface area (Å²) in [6, 6.07) is 13.5. The molecule has 0 aliphatic rings. The number of hydrogen-bond donors (Lipinski definition) is 0. The van der Waals surface area contributed by atoms with E-state index >= 15 is 0 Å². The molecule has 2 aromatic carbocycles. The fourth-order valence-electron chi connectivity index (χ4n) is 1.98. The van der Waals surface area contributed by atoms with Crippen molar-refractivity contribution in [2.75, 3.05) is 0 Å². The van der Waals surface area contributed by atoms with Crippen LogP contribution in [0, 0.1) is 21.0 Å². The normalized spacial score (nSPS) is 10.7. The van der Waals surface area contributed by atoms with Gasteiger partial charge in [-0.25, -0.2) is 0 Å². The molecule has 0 aromatic heterocycles. The minimum atomic E-state index is 1.12. The van der Waals surface area contributed by atoms with Gasteiger partial charge in [-0.2, -0.15) is 0 Å². The van der Waals surface area contributed by atoms with Crippen LogP contribution >= 0.6 is 45.2 Å². The van der Waals surface area contributed by atoms with Gasteiger partial charge in [0, 0.05) is 7.14 Å². The van der Waals surface area contributed by atoms with Crippen LogP contribution in [0.4, 0.5) is 0 Å². The van der Waals surface area contributed by atoms with Crippen LogP contribution in [0.1, 0.15) is 22.3 Å². The molecule has 0 aliphatic heterocycles. The van der Waals surface area contributed by atoms with Crippen molar-refractivity contribution >= 4 is 45.2 Å². The summed E-state index contributed by atoms with van der Waals surface area (Å²) < 4.78 is 2.77. The van der Waals surface area contributed by atoms with Crippen molar-refractivity contribution < 1.29 is 0 Å². The molecule has 0 heterocycles. The molecular formula is C16H16I2. The average molecular weight is 462 g/mol. The van der Waals surface area contributed by atoms with Crippen molar-refractivity contribution in [3.63, 3.8) is 0 Å². The summed E-state index contributed by atoms with van der Waals surface area (Å²) in [5.74, 6) is 0. The number of hydrogen-bond acceptors (Lipinski definition) is 0. The van der Waals surface area contributed by atoms with Gasteiger partial charge in [0.05, 0.1) is 0 Å². The Morgan fingerprint density at radius 2 is 1.11 bits per heavy atom. The van der Waals surface area contributed by atoms with Crippen molar-refractivity contribution in [1.29, 1.82) is 0 Å². The molecular weight excluding hydrogens is 446 g/mol. The van der Waals surface area contributed by atoms with E-state index in [4.69, 9.17) is 0 Å². The third-order valence-electron chi connectivity index (χ3n) is 3.08. The molecule has 0 unspecified atom stereocenters. The lowest BCUT2D eigenvalue weighted by atomic mass is 10.0. The topological polar surface area (TPSA) is 0 Å². The molecule has 0 aliphatic carbocycles. The molecule has 0 N–H and O–H groups in total. The molecule has 18 heavy (non-hydrogen) atoms. The van der Waals surface area contributed by atoms with Gasteiger partial charge >= 0.3 is 0 Å². The molecule has 0 saturated heterocycles. The highest BCUT2D eigenvalue weighted by molar-refractivity contribution is 14.1. The van der Waals surface area contributed by atoms with Crippen LogP contribution in [-0.4, -0.2) is 0 Å². The van der Waals surface area contributed by atoms with E-state index in [0.717, 1.165) is 12.8 Å². The van der Waals surface area contributed by atoms with E-state index in [1.807, 2.05) is 0 Å². The number of aryl methyl sites for hydroxylation is 4. The highest BCUT2D eigenvalue weighted by Crippen LogP contribution is 2.19. The van der Waals surface area contributed by atoms with E-state index in [1.54, 1.807) is 0 Å². The predicted molar refractivity (Wildman–Crippen MR) is 95.2 cm³/mol. The molecule has 0 bridgehead atoms. The lowest BCUT2D eigenvalue weighted by molar-refractivity contribution is 0.945. The minimum absolute atomic E-state index is 1.12. The summed E-state index contributed by atoms with van der Waals surface area (Å²) in [7, 11) is 0. The molecule has 0 saturated carbocycles. The first-order valence-corrected chi connectivity index (χ1v) is 8.22. The van der Waals surface area contributed by atoms with E-state index in [0.29, 0.717) is 0 Å². The Morgan fingerprint density at radius 3 is 1.44 bits per heavy atom. The fraction of sp³-hybridized carbons (Fsp3) is 0.250. The highest BCUT2D eigenvalue weighted by Gasteiger charge is 2.04. The van der Waals surface area contributed by atoms with Gasteiger partial charge in [0.15, 0.2) is 0 Å². The maximum atomic E-state index is 2.44. The van der Waals surface area contributed by atoms with Crippen molar-refractivity contribution in [2.24, 2.45) is 0 Å². The molecule has 0 nitrogen and oxygen atoms in total. The Balaban J connectivity index is 2.11. The van der Waals surface area contributed by atoms with Crippen molar-refractivity contribution in [3.8, 4) is 0 Å². The summed E-state index contributed by atoms with van der Waals surface area (Å²) in [4.78, 5) is 0. The van der Waals surface area contributed by atoms with E-state index in [2.05, 4.69) is 95.4 Å². The largest absolute Gasteiger partial charge is 0.0590 e. The first kappa shape index (κ1) is 14.3. The SMILES string of the molecule is Cc1ccc(CCc2ccc(C)cc2I)c(I)c1. The second-order valence-corrected chi connectivity index (χ2v) is 7.01. The van der Waals surface area contributed by atoms with Crippen molar-refractivity contribution in [2.45, 2.75) is 26.7 Å². The van der Waals surface area contributed by atoms with E-state index < -0.39 is 0 Å². The lowest BCUT2D eigenvalue weighted by Gasteiger charge is -2.08. The Morgan fingerprint density at radius 1 is 0.722 bits per heavy atom. The summed E-state index contributed by atoms with van der Waals surface area (Å²) in [5, 5.41) is 0. The summed E-state index contributed by atoms with van der Waals surface area (Å²) in [6.45, 7) is 4.30. The van der Waals surface area contributed by atoms with Crippen LogP contribution in [0.2, 0.25) is 0 Å². The van der Waals surface area contributed by atoms with Crippen LogP contribution in [0.15, 0.2) is 36.4 Å². The van der Waals surface area contributed by atoms with Crippen LogP contribution in [0.25, 0.3) is 0 Å². The minimum Gasteiger partial charge on any atom is -0.0590 e. The smallest absolute Gasteiger partial charge is 0.0165 e. The average Bonchev–Trinajstić information content (AvgIpc) is 2.30. The van der Waals surface area contributed by atoms with Gasteiger partial charge in [-0.1, -0.05) is 35.4 Å². The fourth-order valence-corrected chi connectivity index (χ4v) is 3.86. The molecule has 2 aromatic rings. The van der Waals surface area contributed by atoms with Gasteiger partial charge in [0.25, 0.3) is 0 Å². The monoisotopic (exact) mass is 462 g/mol. The molecule has 0 amide bonds. The molecule has 0 radical (unpaired) electrons. The quantitative estimate of drug-likeness (QED) is 0.544. The Labute approximate surface area is 136 Å². The first-order valence-electron chi connectivity index (χ1n) is 6.06. The van der Waals surface area contributed by atoms with Crippen LogP contribution in [-0.2, 0) is 12.8 Å². The van der Waals surface area contributed by atoms with E-state index in [9.17, 15) is 0 Å². The first-order chi connectivity index (χ1) is 8.56. The summed E-state index contributed by atoms with van der Waals surface area (Å²) >= 11 is 4.88. The second-order valence-electron chi connectivity index (χ2n) is 4.69. The zero-order valence-electron chi connectivity index (χ0n) is 10.6. The molecule has 2 rings (SSSR count). The number of benzene rings is 2. The van der Waals surface area contributed by atoms with Gasteiger partial charge in [-0.3, -0.25) is 0 Å². The van der Waals surface area contributed by atoms with E-state index in [1.165, 1.54) is 29.4 Å². The number of rotatable bonds is 3. The van der Waals surface area contributed by atoms with Crippen LogP contribution < -0.4 is 0 Å². The van der Waals surface area contributed by atoms with E-state index in [-0.39, 0.29) is 0 Å². The Hall–Kier alpha value is -0.1000. The van der Waals surface area contributed by atoms with Gasteiger partial charge in [-0.15, -0.1) is 0 Å². The Bertz CT molecular complexity index is 508. The molecule has 0 fully saturated rings. The molecule has 0 atom stereocenters. The standard InChI is InChI=1S/C16H16I2/c1-11-3-5-13(15(17)9-11)7-8-14-6-4-12(2)10-16(14)18/h3-6,9-10H,7-8H2,1-2H3. The lowest BCUT2D eigenvalue weighted by Crippen LogP contribution is -1.97. The number of halogens is 2. The zero-order valence-corrected chi connectivity index (χ0v) is 14.9. The van der Waals surface area contributed by atoms with Crippen molar-refractivity contribution in [1.82, 2.24) is 0 Å². The third kappa shape index (κ3) is 3.70. The maximum absolute atomic E-state index is 2.44. The van der Waals surface area contributed by atoms with Crippen molar-refractivity contribution in [3.05, 3.63) is 65.8 Å². The molecule has 2 heteroatoms. The van der Waals surface area contributed by atoms with Gasteiger partial charge < -0.3 is 0 Å². The van der Waals surface area contributed by atoms with Crippen LogP contribution in [0.5, 0.6) is 0 Å². The van der Waals surface area contributed by atoms with Gasteiger partial charge in [-0.05, 0) is 95.1 Å². The molecule has 0 spiro atoms. The van der Waals surface area contributed by atoms with Gasteiger partial charge in [0.2, 0.25) is 0 Å². The summed E-state index contributed by atoms with van der Waals surface area (Å²) in [6.07, 6.45) is 2.25.